The topological polar surface area (TPSA) is 134 Å². The summed E-state index contributed by atoms with van der Waals surface area (Å²) in [5.41, 5.74) is 20.7. The van der Waals surface area contributed by atoms with Gasteiger partial charge in [-0.3, -0.25) is 0 Å². The number of furan rings is 2. The van der Waals surface area contributed by atoms with Gasteiger partial charge in [-0.05, 0) is 121 Å². The van der Waals surface area contributed by atoms with E-state index in [9.17, 15) is 4.39 Å². The number of hydrogen-bond acceptors (Lipinski definition) is 8. The van der Waals surface area contributed by atoms with E-state index in [0.717, 1.165) is 160 Å². The van der Waals surface area contributed by atoms with Crippen LogP contribution in [0.1, 0.15) is 0 Å². The molecule has 0 aliphatic heterocycles. The number of nitrogens with zero attached hydrogens (tertiary/aromatic N) is 9. The summed E-state index contributed by atoms with van der Waals surface area (Å²) in [4.78, 5) is 32.3. The van der Waals surface area contributed by atoms with E-state index in [1.165, 1.54) is 22.4 Å². The van der Waals surface area contributed by atoms with Gasteiger partial charge in [0.1, 0.15) is 28.1 Å². The van der Waals surface area contributed by atoms with Crippen molar-refractivity contribution >= 4 is 131 Å². The van der Waals surface area contributed by atoms with E-state index in [1.807, 2.05) is 121 Å². The predicted octanol–water partition coefficient (Wildman–Crippen LogP) is 26.3. The summed E-state index contributed by atoms with van der Waals surface area (Å²) in [5, 5.41) is 13.7. The van der Waals surface area contributed by atoms with Gasteiger partial charge in [0.15, 0.2) is 34.9 Å². The molecule has 8 aromatic heterocycles. The molecule has 0 aliphatic rings. The number of para-hydroxylation sites is 7. The number of aromatic nitrogens is 10. The van der Waals surface area contributed by atoms with E-state index in [2.05, 4.69) is 264 Å². The molecule has 13 heteroatoms. The molecule has 0 aliphatic carbocycles. The summed E-state index contributed by atoms with van der Waals surface area (Å²) >= 11 is 0. The Labute approximate surface area is 656 Å². The van der Waals surface area contributed by atoms with E-state index in [4.69, 9.17) is 23.8 Å². The van der Waals surface area contributed by atoms with Gasteiger partial charge in [0.05, 0.1) is 71.4 Å². The fraction of sp³-hybridized carbons (Fsp3) is 0. The molecule has 8 heterocycles. The first-order chi connectivity index (χ1) is 57.0. The molecule has 24 rings (SSSR count). The van der Waals surface area contributed by atoms with Crippen LogP contribution in [-0.4, -0.2) is 48.6 Å². The molecule has 0 fully saturated rings. The summed E-state index contributed by atoms with van der Waals surface area (Å²) in [6, 6.07) is 127. The molecule has 16 aromatic carbocycles. The Kier molecular flexibility index (Phi) is 15.8. The Morgan fingerprint density at radius 1 is 0.217 bits per heavy atom. The van der Waals surface area contributed by atoms with E-state index in [-0.39, 0.29) is 5.82 Å². The third kappa shape index (κ3) is 11.1. The van der Waals surface area contributed by atoms with Crippen LogP contribution >= 0.6 is 0 Å². The second-order valence-electron chi connectivity index (χ2n) is 28.6. The second-order valence-corrected chi connectivity index (χ2v) is 28.6. The van der Waals surface area contributed by atoms with Crippen LogP contribution in [0.4, 0.5) is 4.39 Å². The minimum Gasteiger partial charge on any atom is -0.455 e. The molecule has 0 saturated heterocycles. The van der Waals surface area contributed by atoms with Gasteiger partial charge in [-0.15, -0.1) is 0 Å². The third-order valence-corrected chi connectivity index (χ3v) is 21.9. The van der Waals surface area contributed by atoms with Gasteiger partial charge in [-0.2, -0.15) is 0 Å². The molecule has 115 heavy (non-hydrogen) atoms. The van der Waals surface area contributed by atoms with Crippen molar-refractivity contribution in [1.82, 2.24) is 48.6 Å². The number of aromatic amines is 1. The highest BCUT2D eigenvalue weighted by atomic mass is 19.1. The van der Waals surface area contributed by atoms with Crippen LogP contribution in [0.5, 0.6) is 0 Å². The van der Waals surface area contributed by atoms with Gasteiger partial charge >= 0.3 is 0 Å². The van der Waals surface area contributed by atoms with Gasteiger partial charge in [-0.25, -0.2) is 34.3 Å². The number of hydrogen-bond donors (Lipinski definition) is 1. The lowest BCUT2D eigenvalue weighted by Crippen LogP contribution is -2.03. The van der Waals surface area contributed by atoms with Gasteiger partial charge < -0.3 is 27.5 Å². The van der Waals surface area contributed by atoms with Crippen LogP contribution in [0.2, 0.25) is 0 Å². The molecule has 0 radical (unpaired) electrons. The van der Waals surface area contributed by atoms with Gasteiger partial charge in [0, 0.05) is 87.8 Å². The average Bonchev–Trinajstić information content (AvgIpc) is 1.55. The Morgan fingerprint density at radius 3 is 0.965 bits per heavy atom. The fourth-order valence-electron chi connectivity index (χ4n) is 16.8. The van der Waals surface area contributed by atoms with Crippen molar-refractivity contribution in [2.75, 3.05) is 0 Å². The average molecular weight is 1480 g/mol. The highest BCUT2D eigenvalue weighted by Gasteiger charge is 2.27. The minimum atomic E-state index is -0.355. The van der Waals surface area contributed by atoms with E-state index in [1.54, 1.807) is 18.2 Å². The van der Waals surface area contributed by atoms with Crippen LogP contribution in [0.25, 0.3) is 216 Å². The molecule has 12 nitrogen and oxygen atoms in total. The number of fused-ring (bicyclic) bond motifs is 22. The van der Waals surface area contributed by atoms with Crippen molar-refractivity contribution in [3.63, 3.8) is 0 Å². The zero-order valence-electron chi connectivity index (χ0n) is 61.5. The molecular formula is C102H63FN10O2. The molecule has 1 N–H and O–H groups in total. The van der Waals surface area contributed by atoms with Crippen molar-refractivity contribution in [2.45, 2.75) is 0 Å². The molecular weight excluding hydrogens is 1420 g/mol. The Bertz CT molecular complexity index is 7800. The lowest BCUT2D eigenvalue weighted by Gasteiger charge is -2.14. The van der Waals surface area contributed by atoms with E-state index in [0.29, 0.717) is 40.5 Å². The molecule has 0 spiro atoms. The zero-order chi connectivity index (χ0) is 76.0. The first kappa shape index (κ1) is 66.3. The number of H-pyrrole nitrogens is 1. The minimum absolute atomic E-state index is 0.325. The van der Waals surface area contributed by atoms with Gasteiger partial charge in [0.25, 0.3) is 0 Å². The van der Waals surface area contributed by atoms with E-state index >= 15 is 0 Å². The SMILES string of the molecule is Fc1ccccc1-c1nc(-c2ccccc2)nc(-c2ccccc2)n1.c1ccc(-c2nc(-c3ccccc3)nc(-c3ccccc3-n3c4ccccc4c4c5oc6c(ccc7c6c6ccccc6n7-c6ccccc6)c5ccc43)n2)cc1.c1ccc(-n2c3ccccc3c3c4oc5c(ccc6[nH]c7ccccc7c65)c4ccc32)cc1. The lowest BCUT2D eigenvalue weighted by molar-refractivity contribution is 0.630. The maximum absolute atomic E-state index is 14.2. The normalized spacial score (nSPS) is 11.7. The summed E-state index contributed by atoms with van der Waals surface area (Å²) in [5.74, 6) is 2.87. The predicted molar refractivity (Wildman–Crippen MR) is 466 cm³/mol. The Morgan fingerprint density at radius 2 is 0.530 bits per heavy atom. The van der Waals surface area contributed by atoms with Crippen molar-refractivity contribution < 1.29 is 13.2 Å². The zero-order valence-corrected chi connectivity index (χ0v) is 61.5. The molecule has 0 bridgehead atoms. The molecule has 0 amide bonds. The van der Waals surface area contributed by atoms with Crippen LogP contribution in [0.15, 0.2) is 385 Å². The molecule has 0 atom stereocenters. The number of benzene rings is 16. The van der Waals surface area contributed by atoms with Crippen LogP contribution < -0.4 is 0 Å². The molecule has 540 valence electrons. The van der Waals surface area contributed by atoms with Crippen molar-refractivity contribution in [3.8, 4) is 85.4 Å². The highest BCUT2D eigenvalue weighted by molar-refractivity contribution is 6.31. The summed E-state index contributed by atoms with van der Waals surface area (Å²) < 4.78 is 35.2. The number of nitrogens with one attached hydrogen (secondary N) is 1. The quantitative estimate of drug-likeness (QED) is 0.151. The van der Waals surface area contributed by atoms with Crippen molar-refractivity contribution in [1.29, 1.82) is 0 Å². The largest absolute Gasteiger partial charge is 0.455 e. The van der Waals surface area contributed by atoms with Crippen LogP contribution in [-0.2, 0) is 0 Å². The summed E-state index contributed by atoms with van der Waals surface area (Å²) in [6.07, 6.45) is 0. The summed E-state index contributed by atoms with van der Waals surface area (Å²) in [7, 11) is 0. The fourth-order valence-corrected chi connectivity index (χ4v) is 16.8. The smallest absolute Gasteiger partial charge is 0.167 e. The standard InChI is InChI=1S/C51H31N5O.C30H18N2O.C21H14FN3/c1-4-16-32(17-5-1)49-52-50(33-18-6-2-7-19-33)54-51(53-49)39-24-12-15-27-42(39)56-41-26-14-11-23-38(41)46-44(56)31-29-36-35-28-30-43-45(47(35)57-48(36)46)37-22-10-13-25-40(37)55(43)34-20-8-3-9-21-34;1-2-8-18(9-3-1)32-25-13-7-5-11-22(25)28-26(32)17-15-20-19-14-16-24-27(29(19)33-30(20)28)21-10-4-6-12-23(21)31-24;22-18-14-8-7-13-17(18)21-24-19(15-9-3-1-4-10-15)23-20(25-21)16-11-5-2-6-12-16/h1-31H;1-17,31H;1-14H. The Balaban J connectivity index is 0.000000117. The first-order valence-corrected chi connectivity index (χ1v) is 38.3. The van der Waals surface area contributed by atoms with Crippen LogP contribution in [0, 0.1) is 5.82 Å². The maximum Gasteiger partial charge on any atom is 0.167 e. The van der Waals surface area contributed by atoms with Gasteiger partial charge in [0.2, 0.25) is 0 Å². The second kappa shape index (κ2) is 27.4. The monoisotopic (exact) mass is 1480 g/mol. The third-order valence-electron chi connectivity index (χ3n) is 21.9. The van der Waals surface area contributed by atoms with Gasteiger partial charge in [-0.1, -0.05) is 255 Å². The molecule has 24 aromatic rings. The van der Waals surface area contributed by atoms with Crippen molar-refractivity contribution in [2.24, 2.45) is 0 Å². The maximum atomic E-state index is 14.2. The number of rotatable bonds is 9. The lowest BCUT2D eigenvalue weighted by atomic mass is 10.1. The highest BCUT2D eigenvalue weighted by Crippen LogP contribution is 2.48. The van der Waals surface area contributed by atoms with Crippen LogP contribution in [0.3, 0.4) is 0 Å². The summed E-state index contributed by atoms with van der Waals surface area (Å²) in [6.45, 7) is 0. The number of halogens is 1. The van der Waals surface area contributed by atoms with Crippen molar-refractivity contribution in [3.05, 3.63) is 382 Å². The molecule has 0 saturated carbocycles. The Hall–Kier alpha value is -15.7. The van der Waals surface area contributed by atoms with E-state index < -0.39 is 0 Å². The molecule has 0 unspecified atom stereocenters. The first-order valence-electron chi connectivity index (χ1n) is 38.3.